The molecular formula is C20H12N2O6. The first kappa shape index (κ1) is 17.2. The number of hydrogen-bond acceptors (Lipinski definition) is 7. The number of nitrogens with zero attached hydrogens (tertiary/aromatic N) is 1. The molecule has 3 aromatic carbocycles. The number of aromatic hydroxyl groups is 2. The van der Waals surface area contributed by atoms with Crippen LogP contribution in [-0.2, 0) is 0 Å². The van der Waals surface area contributed by atoms with E-state index in [0.717, 1.165) is 11.8 Å². The van der Waals surface area contributed by atoms with Crippen LogP contribution in [0.3, 0.4) is 0 Å². The van der Waals surface area contributed by atoms with Gasteiger partial charge in [-0.1, -0.05) is 18.2 Å². The molecular weight excluding hydrogens is 364 g/mol. The van der Waals surface area contributed by atoms with Gasteiger partial charge < -0.3 is 15.5 Å². The van der Waals surface area contributed by atoms with E-state index < -0.39 is 39.2 Å². The van der Waals surface area contributed by atoms with Crippen LogP contribution in [0.25, 0.3) is 0 Å². The lowest BCUT2D eigenvalue weighted by atomic mass is 9.82. The minimum Gasteiger partial charge on any atom is -0.504 e. The number of rotatable bonds is 3. The van der Waals surface area contributed by atoms with E-state index in [2.05, 4.69) is 5.32 Å². The van der Waals surface area contributed by atoms with Crippen molar-refractivity contribution in [2.75, 3.05) is 5.32 Å². The Hall–Kier alpha value is -4.20. The number of carbonyl (C=O) groups is 2. The molecule has 0 heterocycles. The Bertz CT molecular complexity index is 1170. The van der Waals surface area contributed by atoms with Gasteiger partial charge in [0.2, 0.25) is 11.5 Å². The summed E-state index contributed by atoms with van der Waals surface area (Å²) in [6.45, 7) is 0. The summed E-state index contributed by atoms with van der Waals surface area (Å²) in [6.07, 6.45) is 0. The van der Waals surface area contributed by atoms with E-state index in [1.165, 1.54) is 12.1 Å². The van der Waals surface area contributed by atoms with Crippen molar-refractivity contribution >= 4 is 28.6 Å². The number of nitrogens with one attached hydrogen (secondary N) is 1. The number of benzene rings is 3. The van der Waals surface area contributed by atoms with Gasteiger partial charge in [-0.25, -0.2) is 0 Å². The molecule has 0 saturated heterocycles. The van der Waals surface area contributed by atoms with E-state index in [1.807, 2.05) is 30.3 Å². The maximum absolute atomic E-state index is 12.9. The smallest absolute Gasteiger partial charge is 0.326 e. The number of phenolic OH excluding ortho intramolecular Hbond substituents is 2. The third kappa shape index (κ3) is 2.55. The monoisotopic (exact) mass is 376 g/mol. The van der Waals surface area contributed by atoms with Crippen molar-refractivity contribution in [1.29, 1.82) is 0 Å². The molecule has 0 aromatic heterocycles. The summed E-state index contributed by atoms with van der Waals surface area (Å²) in [5.74, 6) is -3.30. The first-order valence-electron chi connectivity index (χ1n) is 8.17. The van der Waals surface area contributed by atoms with Crippen molar-refractivity contribution in [2.24, 2.45) is 0 Å². The van der Waals surface area contributed by atoms with Gasteiger partial charge in [-0.05, 0) is 36.4 Å². The van der Waals surface area contributed by atoms with Crippen molar-refractivity contribution in [3.8, 4) is 11.5 Å². The molecule has 0 amide bonds. The van der Waals surface area contributed by atoms with Crippen LogP contribution in [0, 0.1) is 10.1 Å². The van der Waals surface area contributed by atoms with Crippen LogP contribution in [0.2, 0.25) is 0 Å². The number of ketones is 2. The largest absolute Gasteiger partial charge is 0.504 e. The van der Waals surface area contributed by atoms with Crippen molar-refractivity contribution in [1.82, 2.24) is 0 Å². The molecule has 0 aliphatic heterocycles. The second-order valence-corrected chi connectivity index (χ2v) is 6.18. The van der Waals surface area contributed by atoms with Gasteiger partial charge in [0.25, 0.3) is 0 Å². The molecule has 0 fully saturated rings. The first-order chi connectivity index (χ1) is 13.4. The quantitative estimate of drug-likeness (QED) is 0.283. The molecule has 0 unspecified atom stereocenters. The molecule has 28 heavy (non-hydrogen) atoms. The van der Waals surface area contributed by atoms with Crippen LogP contribution < -0.4 is 5.32 Å². The Kier molecular flexibility index (Phi) is 3.82. The molecule has 0 bridgehead atoms. The van der Waals surface area contributed by atoms with E-state index in [-0.39, 0.29) is 16.7 Å². The van der Waals surface area contributed by atoms with Gasteiger partial charge in [-0.3, -0.25) is 19.7 Å². The fourth-order valence-electron chi connectivity index (χ4n) is 3.21. The molecule has 3 aromatic rings. The van der Waals surface area contributed by atoms with Gasteiger partial charge in [0, 0.05) is 28.1 Å². The molecule has 8 heteroatoms. The number of fused-ring (bicyclic) bond motifs is 2. The number of hydrogen-bond donors (Lipinski definition) is 3. The summed E-state index contributed by atoms with van der Waals surface area (Å²) in [6, 6.07) is 14.5. The summed E-state index contributed by atoms with van der Waals surface area (Å²) in [5.41, 5.74) is -0.465. The molecule has 0 atom stereocenters. The lowest BCUT2D eigenvalue weighted by Crippen LogP contribution is -2.22. The SMILES string of the molecule is O=C1c2cc(Nc3ccccc3)ccc2C(=O)c2c1cc(O)c(O)c2[N+](=O)[O-]. The average molecular weight is 376 g/mol. The molecule has 3 N–H and O–H groups in total. The highest BCUT2D eigenvalue weighted by Crippen LogP contribution is 2.44. The normalized spacial score (nSPS) is 12.3. The Labute approximate surface area is 157 Å². The lowest BCUT2D eigenvalue weighted by molar-refractivity contribution is -0.386. The van der Waals surface area contributed by atoms with Crippen molar-refractivity contribution in [2.45, 2.75) is 0 Å². The fourth-order valence-corrected chi connectivity index (χ4v) is 3.21. The van der Waals surface area contributed by atoms with Crippen molar-refractivity contribution in [3.05, 3.63) is 87.0 Å². The summed E-state index contributed by atoms with van der Waals surface area (Å²) in [4.78, 5) is 36.1. The van der Waals surface area contributed by atoms with Crippen LogP contribution in [0.4, 0.5) is 17.1 Å². The molecule has 0 saturated carbocycles. The van der Waals surface area contributed by atoms with Gasteiger partial charge in [0.1, 0.15) is 5.56 Å². The van der Waals surface area contributed by atoms with E-state index in [4.69, 9.17) is 0 Å². The van der Waals surface area contributed by atoms with Crippen molar-refractivity contribution < 1.29 is 24.7 Å². The molecule has 1 aliphatic rings. The number of anilines is 2. The van der Waals surface area contributed by atoms with Crippen LogP contribution in [0.15, 0.2) is 54.6 Å². The van der Waals surface area contributed by atoms with E-state index in [0.29, 0.717) is 5.69 Å². The zero-order chi connectivity index (χ0) is 20.0. The van der Waals surface area contributed by atoms with Gasteiger partial charge >= 0.3 is 5.69 Å². The molecule has 1 aliphatic carbocycles. The summed E-state index contributed by atoms with van der Waals surface area (Å²) in [5, 5.41) is 34.0. The van der Waals surface area contributed by atoms with E-state index >= 15 is 0 Å². The van der Waals surface area contributed by atoms with Crippen LogP contribution in [0.5, 0.6) is 11.5 Å². The summed E-state index contributed by atoms with van der Waals surface area (Å²) >= 11 is 0. The highest BCUT2D eigenvalue weighted by molar-refractivity contribution is 6.30. The Morgan fingerprint density at radius 3 is 2.21 bits per heavy atom. The topological polar surface area (TPSA) is 130 Å². The van der Waals surface area contributed by atoms with Gasteiger partial charge in [0.15, 0.2) is 11.5 Å². The van der Waals surface area contributed by atoms with Crippen LogP contribution >= 0.6 is 0 Å². The highest BCUT2D eigenvalue weighted by atomic mass is 16.6. The maximum Gasteiger partial charge on any atom is 0.326 e. The lowest BCUT2D eigenvalue weighted by Gasteiger charge is -2.19. The van der Waals surface area contributed by atoms with Crippen LogP contribution in [0.1, 0.15) is 31.8 Å². The number of phenols is 2. The number of nitro groups is 1. The maximum atomic E-state index is 12.9. The third-order valence-electron chi connectivity index (χ3n) is 4.48. The highest BCUT2D eigenvalue weighted by Gasteiger charge is 2.39. The predicted molar refractivity (Wildman–Crippen MR) is 99.5 cm³/mol. The first-order valence-corrected chi connectivity index (χ1v) is 8.17. The molecule has 0 radical (unpaired) electrons. The van der Waals surface area contributed by atoms with E-state index in [9.17, 15) is 29.9 Å². The van der Waals surface area contributed by atoms with Gasteiger partial charge in [0.05, 0.1) is 4.92 Å². The predicted octanol–water partition coefficient (Wildman–Crippen LogP) is 3.53. The van der Waals surface area contributed by atoms with Gasteiger partial charge in [-0.2, -0.15) is 0 Å². The van der Waals surface area contributed by atoms with Gasteiger partial charge in [-0.15, -0.1) is 0 Å². The average Bonchev–Trinajstić information content (AvgIpc) is 2.68. The minimum atomic E-state index is -1.05. The van der Waals surface area contributed by atoms with E-state index in [1.54, 1.807) is 6.07 Å². The Balaban J connectivity index is 1.86. The molecule has 8 nitrogen and oxygen atoms in total. The number of nitro benzene ring substituents is 1. The number of carbonyl (C=O) groups excluding carboxylic acids is 2. The summed E-state index contributed by atoms with van der Waals surface area (Å²) in [7, 11) is 0. The Morgan fingerprint density at radius 2 is 1.54 bits per heavy atom. The minimum absolute atomic E-state index is 0.00991. The fraction of sp³-hybridized carbons (Fsp3) is 0. The zero-order valence-electron chi connectivity index (χ0n) is 14.2. The van der Waals surface area contributed by atoms with Crippen LogP contribution in [-0.4, -0.2) is 26.7 Å². The molecule has 0 spiro atoms. The second-order valence-electron chi connectivity index (χ2n) is 6.18. The Morgan fingerprint density at radius 1 is 0.821 bits per heavy atom. The summed E-state index contributed by atoms with van der Waals surface area (Å²) < 4.78 is 0. The molecule has 138 valence electrons. The third-order valence-corrected chi connectivity index (χ3v) is 4.48. The standard InChI is InChI=1S/C20H12N2O6/c23-15-9-14-16(17(20(15)26)22(27)28)19(25)12-7-6-11(8-13(12)18(14)24)21-10-4-2-1-3-5-10/h1-9,21,23,26H. The van der Waals surface area contributed by atoms with Crippen molar-refractivity contribution in [3.63, 3.8) is 0 Å². The molecule has 4 rings (SSSR count). The second kappa shape index (κ2) is 6.20. The number of para-hydroxylation sites is 1. The zero-order valence-corrected chi connectivity index (χ0v) is 14.2.